The molecule has 190 valence electrons. The second kappa shape index (κ2) is 10.6. The summed E-state index contributed by atoms with van der Waals surface area (Å²) in [4.78, 5) is 23.3. The summed E-state index contributed by atoms with van der Waals surface area (Å²) in [6, 6.07) is 10.2. The zero-order chi connectivity index (χ0) is 25.9. The van der Waals surface area contributed by atoms with Gasteiger partial charge in [-0.05, 0) is 55.9 Å². The Morgan fingerprint density at radius 1 is 1.06 bits per heavy atom. The lowest BCUT2D eigenvalue weighted by atomic mass is 9.82. The fourth-order valence-electron chi connectivity index (χ4n) is 4.72. The van der Waals surface area contributed by atoms with Gasteiger partial charge in [-0.25, -0.2) is 9.37 Å². The number of aryl methyl sites for hydroxylation is 2. The summed E-state index contributed by atoms with van der Waals surface area (Å²) in [6.07, 6.45) is 4.50. The van der Waals surface area contributed by atoms with Crippen LogP contribution in [0.2, 0.25) is 0 Å². The number of aliphatic carboxylic acids is 1. The van der Waals surface area contributed by atoms with Gasteiger partial charge in [0.2, 0.25) is 5.88 Å². The quantitative estimate of drug-likeness (QED) is 0.431. The summed E-state index contributed by atoms with van der Waals surface area (Å²) in [5, 5.41) is 9.63. The molecule has 0 saturated carbocycles. The number of carboxylic acid groups (broad SMARTS) is 1. The number of aromatic nitrogens is 2. The summed E-state index contributed by atoms with van der Waals surface area (Å²) >= 11 is 0. The molecule has 0 aliphatic carbocycles. The smallest absolute Gasteiger partial charge is 0.307 e. The molecule has 4 rings (SSSR count). The van der Waals surface area contributed by atoms with Crippen LogP contribution in [0.15, 0.2) is 42.6 Å². The van der Waals surface area contributed by atoms with Crippen molar-refractivity contribution in [2.45, 2.75) is 53.4 Å². The van der Waals surface area contributed by atoms with Gasteiger partial charge in [-0.3, -0.25) is 9.78 Å². The Hall–Kier alpha value is -3.48. The van der Waals surface area contributed by atoms with E-state index in [2.05, 4.69) is 28.7 Å². The molecule has 1 N–H and O–H groups in total. The number of rotatable bonds is 8. The van der Waals surface area contributed by atoms with Gasteiger partial charge in [0.15, 0.2) is 0 Å². The van der Waals surface area contributed by atoms with Crippen molar-refractivity contribution in [3.05, 3.63) is 70.9 Å². The second-order valence-corrected chi connectivity index (χ2v) is 10.3. The van der Waals surface area contributed by atoms with Crippen molar-refractivity contribution in [2.75, 3.05) is 24.6 Å². The average Bonchev–Trinajstić information content (AvgIpc) is 2.82. The molecular formula is C29H34FN3O3. The number of halogens is 1. The maximum Gasteiger partial charge on any atom is 0.307 e. The van der Waals surface area contributed by atoms with Crippen LogP contribution in [-0.4, -0.2) is 40.7 Å². The number of ether oxygens (including phenoxy) is 1. The van der Waals surface area contributed by atoms with Crippen LogP contribution in [-0.2, 0) is 17.6 Å². The minimum Gasteiger partial charge on any atom is -0.481 e. The number of piperidine rings is 1. The first-order chi connectivity index (χ1) is 17.1. The van der Waals surface area contributed by atoms with Crippen molar-refractivity contribution in [2.24, 2.45) is 5.41 Å². The molecule has 7 heteroatoms. The average molecular weight is 492 g/mol. The third-order valence-corrected chi connectivity index (χ3v) is 7.03. The molecule has 1 fully saturated rings. The van der Waals surface area contributed by atoms with Gasteiger partial charge in [0.05, 0.1) is 18.7 Å². The van der Waals surface area contributed by atoms with Crippen molar-refractivity contribution in [3.63, 3.8) is 0 Å². The van der Waals surface area contributed by atoms with Gasteiger partial charge < -0.3 is 14.7 Å². The number of hydrogen-bond donors (Lipinski definition) is 1. The molecule has 0 spiro atoms. The Morgan fingerprint density at radius 2 is 1.75 bits per heavy atom. The number of benzene rings is 1. The topological polar surface area (TPSA) is 75.5 Å². The fourth-order valence-corrected chi connectivity index (χ4v) is 4.72. The minimum atomic E-state index is -0.865. The van der Waals surface area contributed by atoms with Gasteiger partial charge in [0.1, 0.15) is 5.82 Å². The van der Waals surface area contributed by atoms with E-state index < -0.39 is 5.97 Å². The van der Waals surface area contributed by atoms with Gasteiger partial charge >= 0.3 is 5.97 Å². The summed E-state index contributed by atoms with van der Waals surface area (Å²) < 4.78 is 19.0. The van der Waals surface area contributed by atoms with E-state index in [0.717, 1.165) is 65.3 Å². The Balaban J connectivity index is 1.61. The van der Waals surface area contributed by atoms with Crippen molar-refractivity contribution in [1.82, 2.24) is 9.97 Å². The van der Waals surface area contributed by atoms with E-state index in [1.165, 1.54) is 12.1 Å². The Bertz CT molecular complexity index is 1230. The summed E-state index contributed by atoms with van der Waals surface area (Å²) in [6.45, 7) is 10.5. The van der Waals surface area contributed by atoms with Crippen molar-refractivity contribution in [3.8, 4) is 17.0 Å². The van der Waals surface area contributed by atoms with Crippen LogP contribution in [0.1, 0.15) is 49.2 Å². The minimum absolute atomic E-state index is 0.0705. The predicted octanol–water partition coefficient (Wildman–Crippen LogP) is 5.77. The van der Waals surface area contributed by atoms with Crippen molar-refractivity contribution >= 4 is 11.7 Å². The lowest BCUT2D eigenvalue weighted by Crippen LogP contribution is -2.38. The first kappa shape index (κ1) is 25.6. The number of anilines is 1. The number of nitrogens with zero attached hydrogens (tertiary/aromatic N) is 3. The van der Waals surface area contributed by atoms with Gasteiger partial charge in [0, 0.05) is 59.9 Å². The highest BCUT2D eigenvalue weighted by molar-refractivity contribution is 5.85. The molecule has 6 nitrogen and oxygen atoms in total. The fraction of sp³-hybridized carbons (Fsp3) is 0.414. The van der Waals surface area contributed by atoms with E-state index in [4.69, 9.17) is 4.74 Å². The van der Waals surface area contributed by atoms with Crippen molar-refractivity contribution < 1.29 is 19.0 Å². The molecule has 1 saturated heterocycles. The van der Waals surface area contributed by atoms with Crippen LogP contribution in [0.3, 0.4) is 0 Å². The van der Waals surface area contributed by atoms with Crippen LogP contribution in [0.4, 0.5) is 10.1 Å². The molecule has 0 bridgehead atoms. The molecule has 0 unspecified atom stereocenters. The highest BCUT2D eigenvalue weighted by Gasteiger charge is 2.29. The maximum absolute atomic E-state index is 13.1. The van der Waals surface area contributed by atoms with Gasteiger partial charge in [-0.2, -0.15) is 0 Å². The predicted molar refractivity (Wildman–Crippen MR) is 139 cm³/mol. The summed E-state index contributed by atoms with van der Waals surface area (Å²) in [5.74, 6) is -0.599. The molecule has 3 heterocycles. The van der Waals surface area contributed by atoms with Crippen LogP contribution >= 0.6 is 0 Å². The van der Waals surface area contributed by atoms with Crippen LogP contribution in [0, 0.1) is 25.1 Å². The molecule has 0 amide bonds. The molecule has 1 aliphatic rings. The van der Waals surface area contributed by atoms with E-state index in [1.807, 2.05) is 32.2 Å². The first-order valence-electron chi connectivity index (χ1n) is 12.4. The normalized spacial score (nSPS) is 15.1. The Morgan fingerprint density at radius 3 is 2.39 bits per heavy atom. The maximum atomic E-state index is 13.1. The molecule has 1 aliphatic heterocycles. The first-order valence-corrected chi connectivity index (χ1v) is 12.4. The monoisotopic (exact) mass is 491 g/mol. The van der Waals surface area contributed by atoms with Gasteiger partial charge in [0.25, 0.3) is 0 Å². The highest BCUT2D eigenvalue weighted by Crippen LogP contribution is 2.40. The number of pyridine rings is 2. The molecular weight excluding hydrogens is 457 g/mol. The molecule has 0 atom stereocenters. The molecule has 0 radical (unpaired) electrons. The third-order valence-electron chi connectivity index (χ3n) is 7.03. The Labute approximate surface area is 212 Å². The highest BCUT2D eigenvalue weighted by atomic mass is 19.1. The van der Waals surface area contributed by atoms with Crippen LogP contribution in [0.5, 0.6) is 5.88 Å². The van der Waals surface area contributed by atoms with Gasteiger partial charge in [-0.15, -0.1) is 0 Å². The molecule has 3 aromatic rings. The zero-order valence-electron chi connectivity index (χ0n) is 21.5. The molecule has 2 aromatic heterocycles. The van der Waals surface area contributed by atoms with Crippen molar-refractivity contribution in [1.29, 1.82) is 0 Å². The van der Waals surface area contributed by atoms with Gasteiger partial charge in [-0.1, -0.05) is 26.0 Å². The largest absolute Gasteiger partial charge is 0.481 e. The second-order valence-electron chi connectivity index (χ2n) is 10.3. The van der Waals surface area contributed by atoms with E-state index in [0.29, 0.717) is 18.9 Å². The SMILES string of the molecule is Cc1nc(OCCc2ccc(F)cc2)ccc1-c1cnc(C)c(CC(=O)O)c1N1CCC(C)(C)CC1. The van der Waals surface area contributed by atoms with E-state index >= 15 is 0 Å². The van der Waals surface area contributed by atoms with E-state index in [1.54, 1.807) is 12.1 Å². The standard InChI is InChI=1S/C29H34FN3O3/c1-19-24(17-27(34)35)28(33-14-12-29(3,4)13-15-33)25(18-31-19)23-9-10-26(32-20(23)2)36-16-11-21-5-7-22(30)8-6-21/h5-10,18H,11-17H2,1-4H3,(H,34,35). The lowest BCUT2D eigenvalue weighted by Gasteiger charge is -2.40. The van der Waals surface area contributed by atoms with Crippen LogP contribution in [0.25, 0.3) is 11.1 Å². The number of hydrogen-bond acceptors (Lipinski definition) is 5. The number of carboxylic acids is 1. The number of carbonyl (C=O) groups is 1. The van der Waals surface area contributed by atoms with Crippen LogP contribution < -0.4 is 9.64 Å². The van der Waals surface area contributed by atoms with E-state index in [9.17, 15) is 14.3 Å². The molecule has 1 aromatic carbocycles. The summed E-state index contributed by atoms with van der Waals surface area (Å²) in [7, 11) is 0. The third kappa shape index (κ3) is 6.01. The summed E-state index contributed by atoms with van der Waals surface area (Å²) in [5.41, 5.74) is 6.34. The molecule has 36 heavy (non-hydrogen) atoms. The van der Waals surface area contributed by atoms with E-state index in [-0.39, 0.29) is 17.7 Å². The Kier molecular flexibility index (Phi) is 7.57. The lowest BCUT2D eigenvalue weighted by molar-refractivity contribution is -0.136. The zero-order valence-corrected chi connectivity index (χ0v) is 21.5.